The number of nitrogens with one attached hydrogen (secondary N) is 1. The third-order valence-electron chi connectivity index (χ3n) is 4.97. The van der Waals surface area contributed by atoms with Gasteiger partial charge >= 0.3 is 0 Å². The van der Waals surface area contributed by atoms with Crippen LogP contribution < -0.4 is 10.1 Å². The van der Waals surface area contributed by atoms with Crippen LogP contribution in [0.25, 0.3) is 0 Å². The highest BCUT2D eigenvalue weighted by atomic mass is 35.5. The van der Waals surface area contributed by atoms with Crippen LogP contribution in [0.3, 0.4) is 0 Å². The molecular formula is C17H25ClN2O4S. The van der Waals surface area contributed by atoms with Gasteiger partial charge < -0.3 is 14.8 Å². The number of halogens is 1. The molecule has 1 aromatic carbocycles. The van der Waals surface area contributed by atoms with Crippen molar-refractivity contribution in [1.82, 2.24) is 9.62 Å². The van der Waals surface area contributed by atoms with Crippen molar-refractivity contribution in [3.05, 3.63) is 23.2 Å². The molecule has 8 heteroatoms. The normalized spacial score (nSPS) is 28.2. The molecule has 1 aromatic rings. The summed E-state index contributed by atoms with van der Waals surface area (Å²) >= 11 is 6.08. The molecule has 0 aliphatic carbocycles. The van der Waals surface area contributed by atoms with E-state index in [4.69, 9.17) is 21.1 Å². The van der Waals surface area contributed by atoms with Gasteiger partial charge in [-0.05, 0) is 38.5 Å². The van der Waals surface area contributed by atoms with E-state index in [9.17, 15) is 8.42 Å². The molecule has 2 saturated heterocycles. The monoisotopic (exact) mass is 388 g/mol. The topological polar surface area (TPSA) is 67.9 Å². The number of rotatable bonds is 5. The minimum absolute atomic E-state index is 0.0858. The molecule has 0 amide bonds. The van der Waals surface area contributed by atoms with Gasteiger partial charge in [0.1, 0.15) is 10.6 Å². The fourth-order valence-electron chi connectivity index (χ4n) is 3.22. The SMILES string of the molecule is CC1NCCN(S(=O)(=O)c2cc(Cl)ccc2OCC2CCOC2)C1C. The Labute approximate surface area is 154 Å². The van der Waals surface area contributed by atoms with Crippen LogP contribution in [0.1, 0.15) is 20.3 Å². The molecule has 1 N–H and O–H groups in total. The maximum Gasteiger partial charge on any atom is 0.247 e. The maximum atomic E-state index is 13.2. The Morgan fingerprint density at radius 2 is 2.20 bits per heavy atom. The minimum atomic E-state index is -3.69. The second-order valence-electron chi connectivity index (χ2n) is 6.73. The van der Waals surface area contributed by atoms with Gasteiger partial charge in [-0.15, -0.1) is 0 Å². The lowest BCUT2D eigenvalue weighted by molar-refractivity contribution is 0.166. The van der Waals surface area contributed by atoms with Crippen molar-refractivity contribution in [3.63, 3.8) is 0 Å². The summed E-state index contributed by atoms with van der Waals surface area (Å²) < 4.78 is 39.2. The number of nitrogens with zero attached hydrogens (tertiary/aromatic N) is 1. The standard InChI is InChI=1S/C17H25ClN2O4S/c1-12-13(2)20(7-6-19-12)25(21,22)17-9-15(18)3-4-16(17)24-11-14-5-8-23-10-14/h3-4,9,12-14,19H,5-8,10-11H2,1-2H3. The van der Waals surface area contributed by atoms with Crippen molar-refractivity contribution >= 4 is 21.6 Å². The average molecular weight is 389 g/mol. The molecule has 0 bridgehead atoms. The van der Waals surface area contributed by atoms with Crippen LogP contribution in [0.5, 0.6) is 5.75 Å². The van der Waals surface area contributed by atoms with Gasteiger partial charge in [-0.1, -0.05) is 11.6 Å². The summed E-state index contributed by atoms with van der Waals surface area (Å²) in [6.45, 7) is 6.78. The van der Waals surface area contributed by atoms with E-state index in [1.54, 1.807) is 12.1 Å². The van der Waals surface area contributed by atoms with Crippen molar-refractivity contribution in [2.24, 2.45) is 5.92 Å². The molecule has 3 rings (SSSR count). The van der Waals surface area contributed by atoms with Gasteiger partial charge in [-0.2, -0.15) is 4.31 Å². The van der Waals surface area contributed by atoms with E-state index in [1.807, 2.05) is 13.8 Å². The molecule has 140 valence electrons. The van der Waals surface area contributed by atoms with E-state index in [2.05, 4.69) is 5.32 Å². The second-order valence-corrected chi connectivity index (χ2v) is 9.03. The third-order valence-corrected chi connectivity index (χ3v) is 7.21. The van der Waals surface area contributed by atoms with Gasteiger partial charge in [0.25, 0.3) is 0 Å². The number of hydrogen-bond donors (Lipinski definition) is 1. The lowest BCUT2D eigenvalue weighted by atomic mass is 10.1. The van der Waals surface area contributed by atoms with Crippen LogP contribution in [-0.4, -0.2) is 57.7 Å². The second kappa shape index (κ2) is 7.80. The van der Waals surface area contributed by atoms with E-state index >= 15 is 0 Å². The summed E-state index contributed by atoms with van der Waals surface area (Å²) in [4.78, 5) is 0.139. The zero-order valence-electron chi connectivity index (χ0n) is 14.6. The third kappa shape index (κ3) is 4.11. The number of piperazine rings is 1. The van der Waals surface area contributed by atoms with E-state index in [-0.39, 0.29) is 17.0 Å². The molecule has 0 radical (unpaired) electrons. The largest absolute Gasteiger partial charge is 0.492 e. The highest BCUT2D eigenvalue weighted by Crippen LogP contribution is 2.32. The smallest absolute Gasteiger partial charge is 0.247 e. The van der Waals surface area contributed by atoms with Crippen LogP contribution >= 0.6 is 11.6 Å². The molecule has 0 saturated carbocycles. The molecule has 0 aromatic heterocycles. The number of sulfonamides is 1. The Hall–Kier alpha value is -0.860. The van der Waals surface area contributed by atoms with Crippen LogP contribution in [0.2, 0.25) is 5.02 Å². The summed E-state index contributed by atoms with van der Waals surface area (Å²) in [5, 5.41) is 3.68. The van der Waals surface area contributed by atoms with Gasteiger partial charge in [0.05, 0.1) is 13.2 Å². The minimum Gasteiger partial charge on any atom is -0.492 e. The summed E-state index contributed by atoms with van der Waals surface area (Å²) in [6, 6.07) is 4.72. The predicted octanol–water partition coefficient (Wildman–Crippen LogP) is 2.13. The van der Waals surface area contributed by atoms with E-state index in [0.717, 1.165) is 13.0 Å². The van der Waals surface area contributed by atoms with Crippen LogP contribution in [0, 0.1) is 5.92 Å². The fourth-order valence-corrected chi connectivity index (χ4v) is 5.32. The molecule has 2 aliphatic heterocycles. The Balaban J connectivity index is 1.87. The van der Waals surface area contributed by atoms with Crippen LogP contribution in [-0.2, 0) is 14.8 Å². The Morgan fingerprint density at radius 3 is 2.92 bits per heavy atom. The van der Waals surface area contributed by atoms with Crippen molar-refractivity contribution < 1.29 is 17.9 Å². The first-order chi connectivity index (χ1) is 11.9. The molecule has 25 heavy (non-hydrogen) atoms. The summed E-state index contributed by atoms with van der Waals surface area (Å²) in [6.07, 6.45) is 0.933. The molecule has 6 nitrogen and oxygen atoms in total. The zero-order chi connectivity index (χ0) is 18.0. The molecular weight excluding hydrogens is 364 g/mol. The lowest BCUT2D eigenvalue weighted by Gasteiger charge is -2.37. The van der Waals surface area contributed by atoms with Gasteiger partial charge in [0.2, 0.25) is 10.0 Å². The summed E-state index contributed by atoms with van der Waals surface area (Å²) in [5.41, 5.74) is 0. The first kappa shape index (κ1) is 18.9. The summed E-state index contributed by atoms with van der Waals surface area (Å²) in [5.74, 6) is 0.652. The molecule has 3 atom stereocenters. The Bertz CT molecular complexity index is 707. The molecule has 3 unspecified atom stereocenters. The fraction of sp³-hybridized carbons (Fsp3) is 0.647. The van der Waals surface area contributed by atoms with Gasteiger partial charge in [-0.25, -0.2) is 8.42 Å². The van der Waals surface area contributed by atoms with E-state index in [1.165, 1.54) is 10.4 Å². The number of benzene rings is 1. The number of hydrogen-bond acceptors (Lipinski definition) is 5. The van der Waals surface area contributed by atoms with Crippen LogP contribution in [0.4, 0.5) is 0 Å². The lowest BCUT2D eigenvalue weighted by Crippen LogP contribution is -2.57. The van der Waals surface area contributed by atoms with Crippen molar-refractivity contribution in [3.8, 4) is 5.75 Å². The quantitative estimate of drug-likeness (QED) is 0.836. The highest BCUT2D eigenvalue weighted by molar-refractivity contribution is 7.89. The molecule has 2 fully saturated rings. The maximum absolute atomic E-state index is 13.2. The Morgan fingerprint density at radius 1 is 1.40 bits per heavy atom. The highest BCUT2D eigenvalue weighted by Gasteiger charge is 2.36. The first-order valence-corrected chi connectivity index (χ1v) is 10.5. The molecule has 0 spiro atoms. The zero-order valence-corrected chi connectivity index (χ0v) is 16.1. The van der Waals surface area contributed by atoms with Crippen LogP contribution in [0.15, 0.2) is 23.1 Å². The van der Waals surface area contributed by atoms with Crippen molar-refractivity contribution in [1.29, 1.82) is 0 Å². The predicted molar refractivity (Wildman–Crippen MR) is 96.7 cm³/mol. The van der Waals surface area contributed by atoms with Gasteiger partial charge in [0, 0.05) is 42.7 Å². The summed E-state index contributed by atoms with van der Waals surface area (Å²) in [7, 11) is -3.69. The molecule has 2 heterocycles. The Kier molecular flexibility index (Phi) is 5.90. The van der Waals surface area contributed by atoms with E-state index in [0.29, 0.717) is 43.0 Å². The average Bonchev–Trinajstić information content (AvgIpc) is 3.09. The van der Waals surface area contributed by atoms with Crippen molar-refractivity contribution in [2.75, 3.05) is 32.9 Å². The first-order valence-electron chi connectivity index (χ1n) is 8.65. The van der Waals surface area contributed by atoms with Gasteiger partial charge in [0.15, 0.2) is 0 Å². The molecule has 2 aliphatic rings. The van der Waals surface area contributed by atoms with Gasteiger partial charge in [-0.3, -0.25) is 0 Å². The van der Waals surface area contributed by atoms with Crippen molar-refractivity contribution in [2.45, 2.75) is 37.2 Å². The number of ether oxygens (including phenoxy) is 2. The van der Waals surface area contributed by atoms with E-state index < -0.39 is 10.0 Å².